The Morgan fingerprint density at radius 1 is 0.722 bits per heavy atom. The fraction of sp³-hybridized carbons (Fsp3) is 0.950. The minimum atomic E-state index is -1.86. The Morgan fingerprint density at radius 3 is 1.81 bits per heavy atom. The maximum Gasteiger partial charge on any atom is 0.217 e. The molecule has 3 fully saturated rings. The van der Waals surface area contributed by atoms with Crippen molar-refractivity contribution < 1.29 is 74.4 Å². The summed E-state index contributed by atoms with van der Waals surface area (Å²) in [7, 11) is 0. The summed E-state index contributed by atoms with van der Waals surface area (Å²) in [4.78, 5) is 11.8. The summed E-state index contributed by atoms with van der Waals surface area (Å²) < 4.78 is 27.7. The molecule has 15 atom stereocenters. The quantitative estimate of drug-likeness (QED) is 0.147. The van der Waals surface area contributed by atoms with Crippen molar-refractivity contribution in [2.45, 2.75) is 106 Å². The molecule has 1 unspecified atom stereocenters. The highest BCUT2D eigenvalue weighted by Crippen LogP contribution is 2.32. The average Bonchev–Trinajstić information content (AvgIpc) is 2.84. The van der Waals surface area contributed by atoms with Crippen molar-refractivity contribution in [1.82, 2.24) is 5.32 Å². The van der Waals surface area contributed by atoms with Gasteiger partial charge in [0.2, 0.25) is 5.91 Å². The molecule has 0 saturated carbocycles. The molecule has 3 rings (SSSR count). The van der Waals surface area contributed by atoms with Crippen LogP contribution in [0.3, 0.4) is 0 Å². The number of nitrogens with one attached hydrogen (secondary N) is 1. The van der Waals surface area contributed by atoms with Crippen LogP contribution in [0.15, 0.2) is 0 Å². The van der Waals surface area contributed by atoms with Crippen molar-refractivity contribution in [3.63, 3.8) is 0 Å². The Balaban J connectivity index is 1.92. The van der Waals surface area contributed by atoms with Crippen molar-refractivity contribution in [2.75, 3.05) is 13.2 Å². The van der Waals surface area contributed by atoms with Gasteiger partial charge in [-0.3, -0.25) is 4.79 Å². The number of carbonyl (C=O) groups is 1. The monoisotopic (exact) mass is 529 g/mol. The van der Waals surface area contributed by atoms with Crippen LogP contribution in [0.1, 0.15) is 13.8 Å². The molecule has 10 N–H and O–H groups in total. The lowest BCUT2D eigenvalue weighted by molar-refractivity contribution is -0.370. The highest BCUT2D eigenvalue weighted by molar-refractivity contribution is 5.73. The zero-order valence-electron chi connectivity index (χ0n) is 19.5. The largest absolute Gasteiger partial charge is 0.394 e. The fourth-order valence-corrected chi connectivity index (χ4v) is 4.40. The second-order valence-electron chi connectivity index (χ2n) is 9.05. The first-order valence-electron chi connectivity index (χ1n) is 11.4. The van der Waals surface area contributed by atoms with Gasteiger partial charge in [0.1, 0.15) is 67.1 Å². The second-order valence-corrected chi connectivity index (χ2v) is 9.05. The van der Waals surface area contributed by atoms with E-state index in [1.54, 1.807) is 0 Å². The molecule has 210 valence electrons. The lowest BCUT2D eigenvalue weighted by Gasteiger charge is -2.49. The van der Waals surface area contributed by atoms with Crippen LogP contribution in [-0.4, -0.2) is 157 Å². The molecule has 1 amide bonds. The molecular formula is C20H35NO15. The van der Waals surface area contributed by atoms with Gasteiger partial charge >= 0.3 is 0 Å². The number of aliphatic hydroxyl groups is 9. The van der Waals surface area contributed by atoms with Crippen LogP contribution >= 0.6 is 0 Å². The first kappa shape index (κ1) is 29.5. The Bertz CT molecular complexity index is 729. The first-order chi connectivity index (χ1) is 16.9. The van der Waals surface area contributed by atoms with Gasteiger partial charge in [0.05, 0.1) is 19.3 Å². The smallest absolute Gasteiger partial charge is 0.217 e. The summed E-state index contributed by atoms with van der Waals surface area (Å²) in [5.41, 5.74) is 0. The lowest BCUT2D eigenvalue weighted by atomic mass is 9.94. The van der Waals surface area contributed by atoms with E-state index in [9.17, 15) is 50.8 Å². The maximum absolute atomic E-state index is 11.8. The van der Waals surface area contributed by atoms with Gasteiger partial charge in [0, 0.05) is 6.92 Å². The summed E-state index contributed by atoms with van der Waals surface area (Å²) >= 11 is 0. The highest BCUT2D eigenvalue weighted by atomic mass is 16.7. The van der Waals surface area contributed by atoms with Crippen LogP contribution in [0.5, 0.6) is 0 Å². The van der Waals surface area contributed by atoms with E-state index in [0.717, 1.165) is 6.92 Å². The standard InChI is InChI=1S/C20H35NO15/c1-5-10(25)12(27)14(29)19(32-5)35-16-8(4-23)33-18(31)9(21-6(2)24)17(16)36-20-15(30)13(28)11(26)7(3-22)34-20/h5,7-20,22-23,25-31H,3-4H2,1-2H3,(H,21,24)/t5-,7+,8+,9+,10-,11-,12+,13-,14+,15+,16+,17+,18?,19-,20+/m0/s1. The summed E-state index contributed by atoms with van der Waals surface area (Å²) in [6.07, 6.45) is -22.0. The number of hydrogen-bond donors (Lipinski definition) is 10. The van der Waals surface area contributed by atoms with Crippen molar-refractivity contribution in [2.24, 2.45) is 0 Å². The van der Waals surface area contributed by atoms with Crippen LogP contribution in [-0.2, 0) is 28.5 Å². The van der Waals surface area contributed by atoms with Crippen molar-refractivity contribution in [3.05, 3.63) is 0 Å². The molecule has 0 aliphatic carbocycles. The van der Waals surface area contributed by atoms with Gasteiger partial charge in [-0.2, -0.15) is 0 Å². The number of rotatable bonds is 7. The van der Waals surface area contributed by atoms with Crippen LogP contribution in [0, 0.1) is 0 Å². The molecule has 0 aromatic carbocycles. The van der Waals surface area contributed by atoms with E-state index in [1.807, 2.05) is 0 Å². The Labute approximate surface area is 205 Å². The molecule has 16 heteroatoms. The number of amides is 1. The number of hydrogen-bond acceptors (Lipinski definition) is 15. The van der Waals surface area contributed by atoms with E-state index in [-0.39, 0.29) is 0 Å². The van der Waals surface area contributed by atoms with Crippen LogP contribution in [0.2, 0.25) is 0 Å². The molecule has 36 heavy (non-hydrogen) atoms. The summed E-state index contributed by atoms with van der Waals surface area (Å²) in [5, 5.41) is 93.2. The molecule has 16 nitrogen and oxygen atoms in total. The second kappa shape index (κ2) is 12.2. The van der Waals surface area contributed by atoms with Gasteiger partial charge in [-0.25, -0.2) is 0 Å². The fourth-order valence-electron chi connectivity index (χ4n) is 4.40. The highest BCUT2D eigenvalue weighted by Gasteiger charge is 2.54. The lowest BCUT2D eigenvalue weighted by Crippen LogP contribution is -2.69. The van der Waals surface area contributed by atoms with Crippen molar-refractivity contribution in [1.29, 1.82) is 0 Å². The Hall–Kier alpha value is -1.09. The summed E-state index contributed by atoms with van der Waals surface area (Å²) in [5.74, 6) is -0.646. The van der Waals surface area contributed by atoms with Gasteiger partial charge in [0.15, 0.2) is 18.9 Å². The normalized spacial score (nSPS) is 50.0. The third-order valence-corrected chi connectivity index (χ3v) is 6.45. The van der Waals surface area contributed by atoms with E-state index in [2.05, 4.69) is 5.32 Å². The SMILES string of the molecule is CC(=O)N[C@H]1C(O)O[C@H](CO)[C@@H](O[C@@H]2O[C@@H](C)[C@H](O)[C@@H](O)[C@H]2O)[C@@H]1O[C@H]1O[C@H](CO)[C@H](O)[C@H](O)[C@H]1O. The van der Waals surface area contributed by atoms with E-state index < -0.39 is 111 Å². The molecule has 0 aromatic rings. The molecule has 0 spiro atoms. The Morgan fingerprint density at radius 2 is 1.25 bits per heavy atom. The minimum Gasteiger partial charge on any atom is -0.394 e. The predicted octanol–water partition coefficient (Wildman–Crippen LogP) is -6.40. The minimum absolute atomic E-state index is 0.646. The third-order valence-electron chi connectivity index (χ3n) is 6.45. The molecule has 3 saturated heterocycles. The number of ether oxygens (including phenoxy) is 5. The molecule has 3 aliphatic rings. The molecule has 0 radical (unpaired) electrons. The molecule has 0 aromatic heterocycles. The van der Waals surface area contributed by atoms with E-state index in [0.29, 0.717) is 0 Å². The zero-order valence-corrected chi connectivity index (χ0v) is 19.5. The van der Waals surface area contributed by atoms with E-state index in [1.165, 1.54) is 6.92 Å². The van der Waals surface area contributed by atoms with Gasteiger partial charge in [-0.05, 0) is 6.92 Å². The third kappa shape index (κ3) is 5.97. The molecule has 3 heterocycles. The van der Waals surface area contributed by atoms with Crippen LogP contribution < -0.4 is 5.32 Å². The summed E-state index contributed by atoms with van der Waals surface area (Å²) in [6.45, 7) is 1.00. The van der Waals surface area contributed by atoms with Gasteiger partial charge in [0.25, 0.3) is 0 Å². The van der Waals surface area contributed by atoms with Crippen LogP contribution in [0.25, 0.3) is 0 Å². The topological polar surface area (TPSA) is 257 Å². The van der Waals surface area contributed by atoms with Crippen molar-refractivity contribution in [3.8, 4) is 0 Å². The molecule has 0 bridgehead atoms. The van der Waals surface area contributed by atoms with Gasteiger partial charge in [-0.15, -0.1) is 0 Å². The number of carbonyl (C=O) groups excluding carboxylic acids is 1. The zero-order chi connectivity index (χ0) is 26.9. The molecule has 3 aliphatic heterocycles. The number of aliphatic hydroxyl groups excluding tert-OH is 9. The predicted molar refractivity (Wildman–Crippen MR) is 111 cm³/mol. The van der Waals surface area contributed by atoms with Gasteiger partial charge < -0.3 is 75.0 Å². The van der Waals surface area contributed by atoms with Crippen molar-refractivity contribution >= 4 is 5.91 Å². The van der Waals surface area contributed by atoms with E-state index >= 15 is 0 Å². The Kier molecular flexibility index (Phi) is 9.97. The van der Waals surface area contributed by atoms with E-state index in [4.69, 9.17) is 23.7 Å². The van der Waals surface area contributed by atoms with Gasteiger partial charge in [-0.1, -0.05) is 0 Å². The summed E-state index contributed by atoms with van der Waals surface area (Å²) in [6, 6.07) is -1.42. The maximum atomic E-state index is 11.8. The first-order valence-corrected chi connectivity index (χ1v) is 11.4. The van der Waals surface area contributed by atoms with Crippen LogP contribution in [0.4, 0.5) is 0 Å². The molecular weight excluding hydrogens is 494 g/mol. The average molecular weight is 529 g/mol.